The van der Waals surface area contributed by atoms with Crippen LogP contribution in [0, 0.1) is 0 Å². The number of hydrogen-bond acceptors (Lipinski definition) is 6. The molecule has 0 saturated carbocycles. The van der Waals surface area contributed by atoms with Crippen molar-refractivity contribution >= 4 is 23.4 Å². The summed E-state index contributed by atoms with van der Waals surface area (Å²) >= 11 is 0. The van der Waals surface area contributed by atoms with Crippen molar-refractivity contribution in [1.82, 2.24) is 5.43 Å². The molecule has 2 aromatic rings. The van der Waals surface area contributed by atoms with Crippen molar-refractivity contribution in [3.63, 3.8) is 0 Å². The highest BCUT2D eigenvalue weighted by Gasteiger charge is 2.27. The van der Waals surface area contributed by atoms with Gasteiger partial charge in [-0.25, -0.2) is 10.6 Å². The quantitative estimate of drug-likeness (QED) is 0.370. The van der Waals surface area contributed by atoms with E-state index in [0.29, 0.717) is 30.9 Å². The summed E-state index contributed by atoms with van der Waals surface area (Å²) in [6.07, 6.45) is 0.169. The molecule has 0 spiro atoms. The Bertz CT molecular complexity index is 912. The molecule has 1 aliphatic heterocycles. The molecule has 1 atom stereocenters. The number of carbonyl (C=O) groups is 2. The maximum atomic E-state index is 12.2. The number of anilines is 2. The molecule has 0 bridgehead atoms. The van der Waals surface area contributed by atoms with Crippen molar-refractivity contribution in [3.05, 3.63) is 54.1 Å². The van der Waals surface area contributed by atoms with Crippen LogP contribution in [0.1, 0.15) is 39.2 Å². The van der Waals surface area contributed by atoms with Crippen LogP contribution in [0.5, 0.6) is 5.75 Å². The normalized spacial score (nSPS) is 15.5. The average Bonchev–Trinajstić information content (AvgIpc) is 2.71. The lowest BCUT2D eigenvalue weighted by molar-refractivity contribution is -0.121. The Morgan fingerprint density at radius 3 is 2.61 bits per heavy atom. The summed E-state index contributed by atoms with van der Waals surface area (Å²) < 4.78 is 11.5. The Kier molecular flexibility index (Phi) is 7.02. The Labute approximate surface area is 182 Å². The third-order valence-corrected chi connectivity index (χ3v) is 4.73. The van der Waals surface area contributed by atoms with Gasteiger partial charge >= 0.3 is 6.09 Å². The van der Waals surface area contributed by atoms with Crippen LogP contribution in [0.15, 0.2) is 48.5 Å². The number of benzene rings is 2. The second-order valence-corrected chi connectivity index (χ2v) is 8.52. The smallest absolute Gasteiger partial charge is 0.412 e. The number of carbonyl (C=O) groups excluding carboxylic acids is 2. The number of fused-ring (bicyclic) bond motifs is 1. The molecule has 2 aromatic carbocycles. The van der Waals surface area contributed by atoms with E-state index in [4.69, 9.17) is 15.3 Å². The molecule has 1 aliphatic rings. The molecule has 0 aromatic heterocycles. The molecule has 31 heavy (non-hydrogen) atoms. The molecule has 4 N–H and O–H groups in total. The maximum absolute atomic E-state index is 12.2. The van der Waals surface area contributed by atoms with E-state index in [-0.39, 0.29) is 18.4 Å². The number of nitrogens with zero attached hydrogens (tertiary/aromatic N) is 1. The van der Waals surface area contributed by atoms with E-state index in [2.05, 4.69) is 27.8 Å². The minimum atomic E-state index is -0.580. The molecule has 0 saturated heterocycles. The molecule has 1 heterocycles. The molecule has 2 amide bonds. The number of amides is 2. The zero-order valence-electron chi connectivity index (χ0n) is 18.2. The first-order chi connectivity index (χ1) is 14.7. The largest absolute Gasteiger partial charge is 0.486 e. The minimum Gasteiger partial charge on any atom is -0.486 e. The van der Waals surface area contributed by atoms with Gasteiger partial charge in [0.15, 0.2) is 0 Å². The molecule has 166 valence electrons. The molecular weight excluding hydrogens is 396 g/mol. The van der Waals surface area contributed by atoms with Gasteiger partial charge in [-0.05, 0) is 51.0 Å². The van der Waals surface area contributed by atoms with Crippen LogP contribution in [-0.4, -0.2) is 30.3 Å². The van der Waals surface area contributed by atoms with Crippen molar-refractivity contribution in [3.8, 4) is 5.75 Å². The fraction of sp³-hybridized carbons (Fsp3) is 0.391. The van der Waals surface area contributed by atoms with E-state index in [0.717, 1.165) is 11.3 Å². The minimum absolute atomic E-state index is 0.154. The van der Waals surface area contributed by atoms with E-state index >= 15 is 0 Å². The molecule has 1 unspecified atom stereocenters. The summed E-state index contributed by atoms with van der Waals surface area (Å²) in [5, 5.41) is 2.78. The summed E-state index contributed by atoms with van der Waals surface area (Å²) in [7, 11) is 0. The first-order valence-corrected chi connectivity index (χ1v) is 10.3. The Morgan fingerprint density at radius 1 is 1.19 bits per heavy atom. The lowest BCUT2D eigenvalue weighted by atomic mass is 10.1. The maximum Gasteiger partial charge on any atom is 0.412 e. The summed E-state index contributed by atoms with van der Waals surface area (Å²) in [6, 6.07) is 15.6. The number of hydrazine groups is 1. The average molecular weight is 427 g/mol. The molecule has 0 aliphatic carbocycles. The van der Waals surface area contributed by atoms with Gasteiger partial charge in [-0.3, -0.25) is 15.5 Å². The van der Waals surface area contributed by atoms with E-state index in [1.54, 1.807) is 6.07 Å². The lowest BCUT2D eigenvalue weighted by Gasteiger charge is -2.36. The molecular formula is C23H30N4O4. The van der Waals surface area contributed by atoms with Gasteiger partial charge in [0.1, 0.15) is 17.5 Å². The lowest BCUT2D eigenvalue weighted by Crippen LogP contribution is -2.41. The number of nitrogens with one attached hydrogen (secondary N) is 2. The third kappa shape index (κ3) is 6.62. The van der Waals surface area contributed by atoms with Crippen LogP contribution in [0.2, 0.25) is 0 Å². The fourth-order valence-corrected chi connectivity index (χ4v) is 3.39. The van der Waals surface area contributed by atoms with Crippen LogP contribution in [-0.2, 0) is 16.1 Å². The predicted molar refractivity (Wildman–Crippen MR) is 120 cm³/mol. The highest BCUT2D eigenvalue weighted by Crippen LogP contribution is 2.37. The molecule has 3 rings (SSSR count). The molecule has 0 fully saturated rings. The highest BCUT2D eigenvalue weighted by molar-refractivity contribution is 5.86. The fourth-order valence-electron chi connectivity index (χ4n) is 3.39. The van der Waals surface area contributed by atoms with Crippen LogP contribution in [0.25, 0.3) is 0 Å². The van der Waals surface area contributed by atoms with Gasteiger partial charge in [0.2, 0.25) is 5.91 Å². The van der Waals surface area contributed by atoms with E-state index in [1.807, 2.05) is 51.1 Å². The number of nitrogens with two attached hydrogens (primary N) is 1. The molecule has 8 nitrogen and oxygen atoms in total. The van der Waals surface area contributed by atoms with Gasteiger partial charge in [-0.2, -0.15) is 0 Å². The van der Waals surface area contributed by atoms with Crippen molar-refractivity contribution in [2.24, 2.45) is 5.84 Å². The Balaban J connectivity index is 1.80. The standard InChI is InChI=1S/C23H30N4O4/c1-23(2,3)31-22(29)25-17-9-11-20-19(13-17)27(14-16-7-5-4-6-8-16)15-18(30-20)10-12-21(28)26-24/h4-9,11,13,18H,10,12,14-15,24H2,1-3H3,(H,25,29)(H,26,28). The van der Waals surface area contributed by atoms with E-state index < -0.39 is 11.7 Å². The first-order valence-electron chi connectivity index (χ1n) is 10.3. The highest BCUT2D eigenvalue weighted by atomic mass is 16.6. The molecule has 8 heteroatoms. The van der Waals surface area contributed by atoms with Gasteiger partial charge in [-0.15, -0.1) is 0 Å². The summed E-state index contributed by atoms with van der Waals surface area (Å²) in [4.78, 5) is 25.9. The van der Waals surface area contributed by atoms with Crippen LogP contribution in [0.3, 0.4) is 0 Å². The summed E-state index contributed by atoms with van der Waals surface area (Å²) in [6.45, 7) is 6.74. The SMILES string of the molecule is CC(C)(C)OC(=O)Nc1ccc2c(c1)N(Cc1ccccc1)CC(CCC(=O)NN)O2. The monoisotopic (exact) mass is 426 g/mol. The first kappa shape index (κ1) is 22.4. The Morgan fingerprint density at radius 2 is 1.94 bits per heavy atom. The van der Waals surface area contributed by atoms with Gasteiger partial charge in [0.05, 0.1) is 12.2 Å². The zero-order valence-corrected chi connectivity index (χ0v) is 18.2. The van der Waals surface area contributed by atoms with E-state index in [1.165, 1.54) is 0 Å². The number of ether oxygens (including phenoxy) is 2. The predicted octanol–water partition coefficient (Wildman–Crippen LogP) is 3.57. The number of hydrogen-bond donors (Lipinski definition) is 3. The molecule has 0 radical (unpaired) electrons. The summed E-state index contributed by atoms with van der Waals surface area (Å²) in [5.41, 5.74) is 4.22. The van der Waals surface area contributed by atoms with Gasteiger partial charge < -0.3 is 14.4 Å². The van der Waals surface area contributed by atoms with Crippen LogP contribution >= 0.6 is 0 Å². The van der Waals surface area contributed by atoms with Crippen molar-refractivity contribution < 1.29 is 19.1 Å². The van der Waals surface area contributed by atoms with E-state index in [9.17, 15) is 9.59 Å². The number of rotatable bonds is 6. The van der Waals surface area contributed by atoms with Gasteiger partial charge in [0.25, 0.3) is 0 Å². The zero-order chi connectivity index (χ0) is 22.4. The second-order valence-electron chi connectivity index (χ2n) is 8.52. The second kappa shape index (κ2) is 9.70. The topological polar surface area (TPSA) is 106 Å². The van der Waals surface area contributed by atoms with Gasteiger partial charge in [0, 0.05) is 18.7 Å². The van der Waals surface area contributed by atoms with Crippen LogP contribution in [0.4, 0.5) is 16.2 Å². The van der Waals surface area contributed by atoms with Crippen LogP contribution < -0.4 is 26.2 Å². The van der Waals surface area contributed by atoms with Crippen molar-refractivity contribution in [2.45, 2.75) is 51.9 Å². The Hall–Kier alpha value is -3.26. The van der Waals surface area contributed by atoms with Gasteiger partial charge in [-0.1, -0.05) is 30.3 Å². The third-order valence-electron chi connectivity index (χ3n) is 4.73. The van der Waals surface area contributed by atoms with Crippen molar-refractivity contribution in [2.75, 3.05) is 16.8 Å². The van der Waals surface area contributed by atoms with Crippen molar-refractivity contribution in [1.29, 1.82) is 0 Å². The summed E-state index contributed by atoms with van der Waals surface area (Å²) in [5.74, 6) is 5.68.